The number of carbonyl (C=O) groups is 1. The van der Waals surface area contributed by atoms with E-state index in [0.29, 0.717) is 11.8 Å². The van der Waals surface area contributed by atoms with E-state index in [2.05, 4.69) is 0 Å². The molecule has 14 heavy (non-hydrogen) atoms. The van der Waals surface area contributed by atoms with Crippen molar-refractivity contribution in [1.29, 1.82) is 0 Å². The first kappa shape index (κ1) is 9.29. The molecule has 0 heterocycles. The van der Waals surface area contributed by atoms with E-state index in [1.54, 1.807) is 0 Å². The van der Waals surface area contributed by atoms with Crippen LogP contribution in [0.5, 0.6) is 0 Å². The largest absolute Gasteiger partial charge is 0.469 e. The minimum atomic E-state index is -0.560. The predicted molar refractivity (Wildman–Crippen MR) is 53.2 cm³/mol. The Morgan fingerprint density at radius 2 is 2.14 bits per heavy atom. The highest BCUT2D eigenvalue weighted by Gasteiger charge is 2.79. The third kappa shape index (κ3) is 0.832. The van der Waals surface area contributed by atoms with Crippen molar-refractivity contribution in [3.8, 4) is 0 Å². The van der Waals surface area contributed by atoms with Crippen LogP contribution in [0.2, 0.25) is 0 Å². The number of alkyl halides is 2. The van der Waals surface area contributed by atoms with E-state index >= 15 is 0 Å². The average Bonchev–Trinajstić information content (AvgIpc) is 2.50. The number of ether oxygens (including phenoxy) is 1. The van der Waals surface area contributed by atoms with Crippen LogP contribution in [0.3, 0.4) is 0 Å². The molecule has 4 saturated carbocycles. The summed E-state index contributed by atoms with van der Waals surface area (Å²) in [5.41, 5.74) is 0.0552. The molecule has 2 bridgehead atoms. The van der Waals surface area contributed by atoms with Crippen LogP contribution in [0, 0.1) is 23.2 Å². The Kier molecular flexibility index (Phi) is 1.60. The number of methoxy groups -OCH3 is 1. The van der Waals surface area contributed by atoms with E-state index in [1.807, 2.05) is 0 Å². The minimum Gasteiger partial charge on any atom is -0.469 e. The van der Waals surface area contributed by atoms with Gasteiger partial charge in [0.2, 0.25) is 0 Å². The molecule has 4 atom stereocenters. The van der Waals surface area contributed by atoms with Gasteiger partial charge in [0, 0.05) is 5.41 Å². The number of rotatable bonds is 1. The van der Waals surface area contributed by atoms with Crippen molar-refractivity contribution in [3.05, 3.63) is 0 Å². The van der Waals surface area contributed by atoms with Gasteiger partial charge >= 0.3 is 5.97 Å². The maximum Gasteiger partial charge on any atom is 0.309 e. The first-order valence-electron chi connectivity index (χ1n) is 4.97. The molecule has 4 fully saturated rings. The zero-order valence-electron chi connectivity index (χ0n) is 7.93. The molecular weight excluding hydrogens is 223 g/mol. The van der Waals surface area contributed by atoms with Crippen LogP contribution in [-0.2, 0) is 9.53 Å². The van der Waals surface area contributed by atoms with Crippen molar-refractivity contribution in [2.45, 2.75) is 23.6 Å². The first-order valence-corrected chi connectivity index (χ1v) is 5.73. The van der Waals surface area contributed by atoms with E-state index < -0.39 is 4.33 Å². The molecule has 0 aromatic heterocycles. The average molecular weight is 235 g/mol. The van der Waals surface area contributed by atoms with Gasteiger partial charge in [-0.3, -0.25) is 4.79 Å². The van der Waals surface area contributed by atoms with Gasteiger partial charge in [-0.1, -0.05) is 0 Å². The lowest BCUT2D eigenvalue weighted by atomic mass is 9.70. The van der Waals surface area contributed by atoms with Gasteiger partial charge in [-0.15, -0.1) is 23.2 Å². The van der Waals surface area contributed by atoms with Crippen LogP contribution < -0.4 is 0 Å². The summed E-state index contributed by atoms with van der Waals surface area (Å²) in [4.78, 5) is 11.5. The normalized spacial score (nSPS) is 51.5. The number of halogens is 2. The number of carbonyl (C=O) groups excluding carboxylic acids is 1. The molecule has 4 aliphatic carbocycles. The van der Waals surface area contributed by atoms with Crippen molar-refractivity contribution in [3.63, 3.8) is 0 Å². The smallest absolute Gasteiger partial charge is 0.309 e. The predicted octanol–water partition coefficient (Wildman–Crippen LogP) is 2.38. The van der Waals surface area contributed by atoms with E-state index in [0.717, 1.165) is 19.3 Å². The van der Waals surface area contributed by atoms with Gasteiger partial charge in [0.05, 0.1) is 13.0 Å². The molecule has 78 valence electrons. The standard InChI is InChI=1S/C10H12Cl2O2/c1-14-8(13)7-5-2-6(7)9(3-5)4-10(9,11)12/h5-7H,2-4H2,1H3/t5-,6-,7-,9-/m1/s1. The molecule has 4 aliphatic rings. The first-order chi connectivity index (χ1) is 6.52. The lowest BCUT2D eigenvalue weighted by Gasteiger charge is -2.34. The van der Waals surface area contributed by atoms with Gasteiger partial charge in [0.15, 0.2) is 0 Å². The number of hydrogen-bond acceptors (Lipinski definition) is 2. The topological polar surface area (TPSA) is 26.3 Å². The van der Waals surface area contributed by atoms with E-state index in [1.165, 1.54) is 7.11 Å². The molecule has 1 spiro atoms. The van der Waals surface area contributed by atoms with Crippen molar-refractivity contribution < 1.29 is 9.53 Å². The van der Waals surface area contributed by atoms with Crippen LogP contribution in [0.4, 0.5) is 0 Å². The van der Waals surface area contributed by atoms with Crippen LogP contribution in [-0.4, -0.2) is 17.4 Å². The molecule has 4 rings (SSSR count). The highest BCUT2D eigenvalue weighted by atomic mass is 35.5. The summed E-state index contributed by atoms with van der Waals surface area (Å²) in [5, 5.41) is 0. The quantitative estimate of drug-likeness (QED) is 0.515. The Hall–Kier alpha value is 0.0500. The van der Waals surface area contributed by atoms with Gasteiger partial charge in [-0.25, -0.2) is 0 Å². The summed E-state index contributed by atoms with van der Waals surface area (Å²) >= 11 is 12.3. The molecule has 0 radical (unpaired) electrons. The zero-order valence-corrected chi connectivity index (χ0v) is 9.44. The second kappa shape index (κ2) is 2.41. The lowest BCUT2D eigenvalue weighted by molar-refractivity contribution is -0.153. The monoisotopic (exact) mass is 234 g/mol. The van der Waals surface area contributed by atoms with Crippen LogP contribution >= 0.6 is 23.2 Å². The van der Waals surface area contributed by atoms with Crippen LogP contribution in [0.15, 0.2) is 0 Å². The minimum absolute atomic E-state index is 0.0552. The third-order valence-corrected chi connectivity index (χ3v) is 5.47. The number of hydrogen-bond donors (Lipinski definition) is 0. The van der Waals surface area contributed by atoms with Crippen molar-refractivity contribution in [2.75, 3.05) is 7.11 Å². The van der Waals surface area contributed by atoms with Gasteiger partial charge in [-0.05, 0) is 31.1 Å². The molecule has 0 saturated heterocycles. The van der Waals surface area contributed by atoms with E-state index in [4.69, 9.17) is 27.9 Å². The molecule has 0 N–H and O–H groups in total. The van der Waals surface area contributed by atoms with E-state index in [9.17, 15) is 4.79 Å². The Morgan fingerprint density at radius 3 is 2.57 bits per heavy atom. The molecule has 0 aromatic carbocycles. The maximum atomic E-state index is 11.5. The summed E-state index contributed by atoms with van der Waals surface area (Å²) in [7, 11) is 1.45. The number of esters is 1. The molecule has 0 amide bonds. The summed E-state index contributed by atoms with van der Waals surface area (Å²) in [5.74, 6) is 0.875. The molecule has 0 aliphatic heterocycles. The Morgan fingerprint density at radius 1 is 1.50 bits per heavy atom. The van der Waals surface area contributed by atoms with Crippen LogP contribution in [0.25, 0.3) is 0 Å². The van der Waals surface area contributed by atoms with Gasteiger partial charge in [-0.2, -0.15) is 0 Å². The second-order valence-corrected chi connectivity index (χ2v) is 6.38. The molecule has 2 nitrogen and oxygen atoms in total. The molecular formula is C10H12Cl2O2. The molecule has 0 aromatic rings. The Balaban J connectivity index is 1.83. The highest BCUT2D eigenvalue weighted by molar-refractivity contribution is 6.51. The van der Waals surface area contributed by atoms with Gasteiger partial charge in [0.25, 0.3) is 0 Å². The third-order valence-electron chi connectivity index (χ3n) is 4.45. The van der Waals surface area contributed by atoms with Crippen molar-refractivity contribution in [1.82, 2.24) is 0 Å². The van der Waals surface area contributed by atoms with Crippen molar-refractivity contribution in [2.24, 2.45) is 23.2 Å². The van der Waals surface area contributed by atoms with E-state index in [-0.39, 0.29) is 17.3 Å². The highest BCUT2D eigenvalue weighted by Crippen LogP contribution is 2.81. The lowest BCUT2D eigenvalue weighted by Crippen LogP contribution is -2.38. The van der Waals surface area contributed by atoms with Crippen molar-refractivity contribution >= 4 is 29.2 Å². The summed E-state index contributed by atoms with van der Waals surface area (Å²) in [6, 6.07) is 0. The van der Waals surface area contributed by atoms with Crippen LogP contribution in [0.1, 0.15) is 19.3 Å². The summed E-state index contributed by atoms with van der Waals surface area (Å²) in [6.07, 6.45) is 2.99. The molecule has 4 heteroatoms. The Labute approximate surface area is 92.9 Å². The zero-order chi connectivity index (χ0) is 10.1. The SMILES string of the molecule is COC(=O)[C@@H]1[C@@H]2C[C@H]1[C@@]1(C2)CC1(Cl)Cl. The van der Waals surface area contributed by atoms with Gasteiger partial charge in [0.1, 0.15) is 4.33 Å². The fourth-order valence-electron chi connectivity index (χ4n) is 3.62. The summed E-state index contributed by atoms with van der Waals surface area (Å²) < 4.78 is 4.24. The Bertz CT molecular complexity index is 315. The maximum absolute atomic E-state index is 11.5. The summed E-state index contributed by atoms with van der Waals surface area (Å²) in [6.45, 7) is 0. The fourth-order valence-corrected chi connectivity index (χ4v) is 4.53. The fraction of sp³-hybridized carbons (Fsp3) is 0.900. The second-order valence-electron chi connectivity index (χ2n) is 4.89. The van der Waals surface area contributed by atoms with Gasteiger partial charge < -0.3 is 4.74 Å². The molecule has 0 unspecified atom stereocenters.